The van der Waals surface area contributed by atoms with Crippen molar-refractivity contribution in [1.29, 1.82) is 0 Å². The first kappa shape index (κ1) is 14.8. The monoisotopic (exact) mass is 278 g/mol. The minimum atomic E-state index is 0.776. The average molecular weight is 278 g/mol. The van der Waals surface area contributed by atoms with Crippen molar-refractivity contribution in [3.8, 4) is 0 Å². The van der Waals surface area contributed by atoms with Crippen LogP contribution in [-0.4, -0.2) is 36.1 Å². The maximum Gasteiger partial charge on any atom is 0.0247 e. The Hall–Kier alpha value is -0.0800. The predicted molar refractivity (Wildman–Crippen MR) is 86.0 cm³/mol. The van der Waals surface area contributed by atoms with Crippen molar-refractivity contribution in [2.24, 2.45) is 11.8 Å². The Bertz CT molecular complexity index is 290. The van der Waals surface area contributed by atoms with Crippen molar-refractivity contribution in [2.75, 3.05) is 13.1 Å². The zero-order valence-corrected chi connectivity index (χ0v) is 13.6. The van der Waals surface area contributed by atoms with Crippen LogP contribution >= 0.6 is 0 Å². The largest absolute Gasteiger partial charge is 0.311 e. The third-order valence-electron chi connectivity index (χ3n) is 6.20. The van der Waals surface area contributed by atoms with E-state index in [1.807, 2.05) is 0 Å². The summed E-state index contributed by atoms with van der Waals surface area (Å²) in [6.07, 6.45) is 13.2. The highest BCUT2D eigenvalue weighted by atomic mass is 15.3. The van der Waals surface area contributed by atoms with Gasteiger partial charge in [0.25, 0.3) is 0 Å². The first-order valence-corrected chi connectivity index (χ1v) is 9.25. The molecule has 1 aliphatic heterocycles. The summed E-state index contributed by atoms with van der Waals surface area (Å²) in [4.78, 5) is 2.92. The third kappa shape index (κ3) is 3.22. The Morgan fingerprint density at radius 2 is 1.55 bits per heavy atom. The summed E-state index contributed by atoms with van der Waals surface area (Å²) in [6.45, 7) is 7.39. The summed E-state index contributed by atoms with van der Waals surface area (Å²) in [5.74, 6) is 1.75. The van der Waals surface area contributed by atoms with Gasteiger partial charge < -0.3 is 5.32 Å². The van der Waals surface area contributed by atoms with Crippen LogP contribution in [0.25, 0.3) is 0 Å². The Kier molecular flexibility index (Phi) is 5.04. The molecule has 2 nitrogen and oxygen atoms in total. The molecular formula is C18H34N2. The van der Waals surface area contributed by atoms with Gasteiger partial charge in [0.1, 0.15) is 0 Å². The van der Waals surface area contributed by atoms with Crippen LogP contribution in [0.1, 0.15) is 71.6 Å². The van der Waals surface area contributed by atoms with Gasteiger partial charge in [-0.1, -0.05) is 46.0 Å². The van der Waals surface area contributed by atoms with Gasteiger partial charge in [-0.2, -0.15) is 0 Å². The molecular weight excluding hydrogens is 244 g/mol. The first-order chi connectivity index (χ1) is 9.75. The summed E-state index contributed by atoms with van der Waals surface area (Å²) >= 11 is 0. The van der Waals surface area contributed by atoms with Gasteiger partial charge in [0.2, 0.25) is 0 Å². The van der Waals surface area contributed by atoms with E-state index in [4.69, 9.17) is 0 Å². The van der Waals surface area contributed by atoms with E-state index in [1.54, 1.807) is 0 Å². The quantitative estimate of drug-likeness (QED) is 0.844. The maximum atomic E-state index is 3.93. The molecule has 116 valence electrons. The van der Waals surface area contributed by atoms with Gasteiger partial charge in [-0.05, 0) is 37.5 Å². The average Bonchev–Trinajstić information content (AvgIpc) is 3.01. The normalized spacial score (nSPS) is 35.0. The number of nitrogens with one attached hydrogen (secondary N) is 1. The molecule has 1 saturated heterocycles. The second kappa shape index (κ2) is 6.79. The van der Waals surface area contributed by atoms with Crippen LogP contribution in [0.3, 0.4) is 0 Å². The second-order valence-electron chi connectivity index (χ2n) is 7.86. The summed E-state index contributed by atoms with van der Waals surface area (Å²) < 4.78 is 0. The molecule has 3 aliphatic rings. The minimum Gasteiger partial charge on any atom is -0.311 e. The van der Waals surface area contributed by atoms with E-state index in [-0.39, 0.29) is 0 Å². The van der Waals surface area contributed by atoms with Crippen LogP contribution in [0.4, 0.5) is 0 Å². The summed E-state index contributed by atoms with van der Waals surface area (Å²) in [5, 5.41) is 3.93. The fourth-order valence-corrected chi connectivity index (χ4v) is 4.94. The van der Waals surface area contributed by atoms with Crippen molar-refractivity contribution in [2.45, 2.75) is 89.8 Å². The van der Waals surface area contributed by atoms with E-state index in [0.717, 1.165) is 30.0 Å². The van der Waals surface area contributed by atoms with Gasteiger partial charge in [0.15, 0.2) is 0 Å². The summed E-state index contributed by atoms with van der Waals surface area (Å²) in [6, 6.07) is 2.46. The molecule has 2 heteroatoms. The van der Waals surface area contributed by atoms with E-state index in [1.165, 1.54) is 70.9 Å². The number of nitrogens with zero attached hydrogens (tertiary/aromatic N) is 1. The molecule has 0 spiro atoms. The molecule has 0 bridgehead atoms. The van der Waals surface area contributed by atoms with E-state index >= 15 is 0 Å². The van der Waals surface area contributed by atoms with Crippen LogP contribution in [0, 0.1) is 11.8 Å². The highest BCUT2D eigenvalue weighted by molar-refractivity contribution is 4.95. The van der Waals surface area contributed by atoms with Gasteiger partial charge in [0.05, 0.1) is 0 Å². The molecule has 1 N–H and O–H groups in total. The molecule has 2 saturated carbocycles. The molecule has 0 amide bonds. The minimum absolute atomic E-state index is 0.776. The Balaban J connectivity index is 1.65. The molecule has 0 radical (unpaired) electrons. The van der Waals surface area contributed by atoms with E-state index < -0.39 is 0 Å². The molecule has 0 aromatic carbocycles. The molecule has 3 rings (SSSR count). The van der Waals surface area contributed by atoms with Crippen LogP contribution in [0.2, 0.25) is 0 Å². The van der Waals surface area contributed by atoms with Crippen LogP contribution in [0.5, 0.6) is 0 Å². The lowest BCUT2D eigenvalue weighted by Gasteiger charge is -2.48. The molecule has 0 aromatic rings. The van der Waals surface area contributed by atoms with Gasteiger partial charge in [0, 0.05) is 31.2 Å². The first-order valence-electron chi connectivity index (χ1n) is 9.25. The third-order valence-corrected chi connectivity index (χ3v) is 6.20. The molecule has 2 atom stereocenters. The molecule has 1 heterocycles. The van der Waals surface area contributed by atoms with Gasteiger partial charge in [-0.25, -0.2) is 0 Å². The summed E-state index contributed by atoms with van der Waals surface area (Å²) in [5.41, 5.74) is 0. The Labute approximate surface area is 125 Å². The standard InChI is InChI=1S/C18H34N2/c1-14(2)18-12-19-17(15-8-4-3-5-9-15)13-20(18)16-10-6-7-11-16/h14-19H,3-13H2,1-2H3. The van der Waals surface area contributed by atoms with Crippen molar-refractivity contribution < 1.29 is 0 Å². The molecule has 2 unspecified atom stereocenters. The molecule has 0 aromatic heterocycles. The molecule has 20 heavy (non-hydrogen) atoms. The van der Waals surface area contributed by atoms with Crippen molar-refractivity contribution in [3.05, 3.63) is 0 Å². The Morgan fingerprint density at radius 3 is 2.20 bits per heavy atom. The Morgan fingerprint density at radius 1 is 0.900 bits per heavy atom. The second-order valence-corrected chi connectivity index (χ2v) is 7.86. The van der Waals surface area contributed by atoms with Gasteiger partial charge in [-0.15, -0.1) is 0 Å². The SMILES string of the molecule is CC(C)C1CNC(C2CCCCC2)CN1C1CCCC1. The zero-order chi connectivity index (χ0) is 13.9. The van der Waals surface area contributed by atoms with Crippen molar-refractivity contribution in [3.63, 3.8) is 0 Å². The smallest absolute Gasteiger partial charge is 0.0247 e. The van der Waals surface area contributed by atoms with Crippen molar-refractivity contribution >= 4 is 0 Å². The summed E-state index contributed by atoms with van der Waals surface area (Å²) in [7, 11) is 0. The molecule has 2 aliphatic carbocycles. The van der Waals surface area contributed by atoms with Gasteiger partial charge >= 0.3 is 0 Å². The number of rotatable bonds is 3. The number of piperazine rings is 1. The maximum absolute atomic E-state index is 3.93. The van der Waals surface area contributed by atoms with Crippen LogP contribution in [0.15, 0.2) is 0 Å². The fraction of sp³-hybridized carbons (Fsp3) is 1.00. The predicted octanol–water partition coefficient (Wildman–Crippen LogP) is 3.81. The number of hydrogen-bond donors (Lipinski definition) is 1. The van der Waals surface area contributed by atoms with E-state index in [0.29, 0.717) is 0 Å². The molecule has 3 fully saturated rings. The van der Waals surface area contributed by atoms with Crippen molar-refractivity contribution in [1.82, 2.24) is 10.2 Å². The zero-order valence-electron chi connectivity index (χ0n) is 13.6. The number of hydrogen-bond acceptors (Lipinski definition) is 2. The van der Waals surface area contributed by atoms with Crippen LogP contribution < -0.4 is 5.32 Å². The van der Waals surface area contributed by atoms with Crippen LogP contribution in [-0.2, 0) is 0 Å². The van der Waals surface area contributed by atoms with E-state index in [2.05, 4.69) is 24.1 Å². The highest BCUT2D eigenvalue weighted by Crippen LogP contribution is 2.33. The lowest BCUT2D eigenvalue weighted by Crippen LogP contribution is -2.62. The lowest BCUT2D eigenvalue weighted by molar-refractivity contribution is 0.0383. The van der Waals surface area contributed by atoms with Gasteiger partial charge in [-0.3, -0.25) is 4.90 Å². The van der Waals surface area contributed by atoms with E-state index in [9.17, 15) is 0 Å². The fourth-order valence-electron chi connectivity index (χ4n) is 4.94. The lowest BCUT2D eigenvalue weighted by atomic mass is 9.81. The highest BCUT2D eigenvalue weighted by Gasteiger charge is 2.37. The topological polar surface area (TPSA) is 15.3 Å².